The van der Waals surface area contributed by atoms with E-state index in [9.17, 15) is 4.79 Å². The Hall–Kier alpha value is -2.47. The predicted molar refractivity (Wildman–Crippen MR) is 96.3 cm³/mol. The van der Waals surface area contributed by atoms with Gasteiger partial charge in [0.05, 0.1) is 23.1 Å². The number of amides is 1. The molecule has 0 aliphatic carbocycles. The molecule has 3 aromatic rings. The topological polar surface area (TPSA) is 61.9 Å². The molecule has 0 atom stereocenters. The number of carbonyl (C=O) groups excluding carboxylic acids is 1. The highest BCUT2D eigenvalue weighted by Crippen LogP contribution is 2.19. The molecule has 6 heteroatoms. The Balaban J connectivity index is 1.71. The summed E-state index contributed by atoms with van der Waals surface area (Å²) in [6, 6.07) is 7.64. The second kappa shape index (κ2) is 6.97. The van der Waals surface area contributed by atoms with Crippen molar-refractivity contribution in [3.63, 3.8) is 0 Å². The number of rotatable bonds is 5. The van der Waals surface area contributed by atoms with Crippen LogP contribution in [0.3, 0.4) is 0 Å². The summed E-state index contributed by atoms with van der Waals surface area (Å²) < 4.78 is 0. The van der Waals surface area contributed by atoms with E-state index in [1.54, 1.807) is 22.4 Å². The van der Waals surface area contributed by atoms with Crippen molar-refractivity contribution in [2.75, 3.05) is 13.6 Å². The lowest BCUT2D eigenvalue weighted by molar-refractivity contribution is 0.0797. The molecule has 24 heavy (non-hydrogen) atoms. The van der Waals surface area contributed by atoms with Gasteiger partial charge in [-0.15, -0.1) is 11.3 Å². The lowest BCUT2D eigenvalue weighted by Gasteiger charge is -2.17. The summed E-state index contributed by atoms with van der Waals surface area (Å²) in [4.78, 5) is 27.3. The number of aryl methyl sites for hydroxylation is 2. The third kappa shape index (κ3) is 3.54. The van der Waals surface area contributed by atoms with Crippen molar-refractivity contribution in [1.82, 2.24) is 19.9 Å². The van der Waals surface area contributed by atoms with Crippen molar-refractivity contribution in [1.29, 1.82) is 0 Å². The number of benzene rings is 1. The Bertz CT molecular complexity index is 852. The smallest absolute Gasteiger partial charge is 0.253 e. The van der Waals surface area contributed by atoms with E-state index in [0.717, 1.165) is 29.2 Å². The molecule has 0 bridgehead atoms. The van der Waals surface area contributed by atoms with Gasteiger partial charge in [-0.2, -0.15) is 0 Å². The molecule has 0 fully saturated rings. The molecule has 0 saturated heterocycles. The third-order valence-corrected chi connectivity index (χ3v) is 4.98. The number of imidazole rings is 1. The molecule has 0 saturated carbocycles. The first-order valence-electron chi connectivity index (χ1n) is 7.81. The Kier molecular flexibility index (Phi) is 4.76. The summed E-state index contributed by atoms with van der Waals surface area (Å²) in [5.41, 5.74) is 5.47. The van der Waals surface area contributed by atoms with Gasteiger partial charge in [-0.05, 0) is 26.0 Å². The third-order valence-electron chi connectivity index (χ3n) is 3.99. The molecule has 3 rings (SSSR count). The fraction of sp³-hybridized carbons (Fsp3) is 0.278. The number of carbonyl (C=O) groups is 1. The molecule has 2 aromatic heterocycles. The van der Waals surface area contributed by atoms with Crippen LogP contribution in [0.4, 0.5) is 0 Å². The maximum Gasteiger partial charge on any atom is 0.253 e. The fourth-order valence-corrected chi connectivity index (χ4v) is 3.32. The number of nitrogens with one attached hydrogen (secondary N) is 1. The van der Waals surface area contributed by atoms with Gasteiger partial charge in [-0.1, -0.05) is 12.1 Å². The van der Waals surface area contributed by atoms with Crippen LogP contribution in [0.1, 0.15) is 26.8 Å². The number of H-pyrrole nitrogens is 1. The molecular formula is C18H20N4OS. The number of thiazole rings is 1. The number of aromatic nitrogens is 3. The van der Waals surface area contributed by atoms with E-state index in [2.05, 4.69) is 15.0 Å². The van der Waals surface area contributed by atoms with Crippen LogP contribution in [0, 0.1) is 13.8 Å². The van der Waals surface area contributed by atoms with E-state index in [1.807, 2.05) is 50.7 Å². The van der Waals surface area contributed by atoms with Gasteiger partial charge >= 0.3 is 0 Å². The number of likely N-dealkylation sites (N-methyl/N-ethyl adjacent to an activating group) is 1. The van der Waals surface area contributed by atoms with Crippen molar-refractivity contribution in [2.45, 2.75) is 20.3 Å². The van der Waals surface area contributed by atoms with Crippen molar-refractivity contribution < 1.29 is 4.79 Å². The first-order chi connectivity index (χ1) is 11.5. The highest BCUT2D eigenvalue weighted by atomic mass is 32.1. The molecule has 0 spiro atoms. The van der Waals surface area contributed by atoms with E-state index in [0.29, 0.717) is 12.1 Å². The summed E-state index contributed by atoms with van der Waals surface area (Å²) in [6.45, 7) is 4.59. The first kappa shape index (κ1) is 16.4. The lowest BCUT2D eigenvalue weighted by atomic mass is 10.1. The number of hydrogen-bond donors (Lipinski definition) is 1. The normalized spacial score (nSPS) is 10.8. The highest BCUT2D eigenvalue weighted by molar-refractivity contribution is 7.09. The van der Waals surface area contributed by atoms with Gasteiger partial charge in [0, 0.05) is 36.0 Å². The molecule has 2 heterocycles. The van der Waals surface area contributed by atoms with Gasteiger partial charge < -0.3 is 9.88 Å². The number of nitrogens with zero attached hydrogens (tertiary/aromatic N) is 3. The van der Waals surface area contributed by atoms with Crippen LogP contribution in [0.2, 0.25) is 0 Å². The molecule has 1 N–H and O–H groups in total. The predicted octanol–water partition coefficient (Wildman–Crippen LogP) is 3.46. The summed E-state index contributed by atoms with van der Waals surface area (Å²) in [5, 5.41) is 0. The minimum Gasteiger partial charge on any atom is -0.342 e. The maximum absolute atomic E-state index is 12.7. The zero-order valence-corrected chi connectivity index (χ0v) is 14.9. The molecule has 0 radical (unpaired) electrons. The highest BCUT2D eigenvalue weighted by Gasteiger charge is 2.14. The Morgan fingerprint density at radius 3 is 2.79 bits per heavy atom. The quantitative estimate of drug-likeness (QED) is 0.773. The largest absolute Gasteiger partial charge is 0.342 e. The monoisotopic (exact) mass is 340 g/mol. The van der Waals surface area contributed by atoms with Crippen molar-refractivity contribution in [3.05, 3.63) is 57.9 Å². The SMILES string of the molecule is Cc1ncc(-c2cccc(C(=O)N(C)CCc3scnc3C)c2)[nH]1. The van der Waals surface area contributed by atoms with Crippen LogP contribution in [-0.4, -0.2) is 39.4 Å². The lowest BCUT2D eigenvalue weighted by Crippen LogP contribution is -2.28. The van der Waals surface area contributed by atoms with Gasteiger partial charge in [0.25, 0.3) is 5.91 Å². The van der Waals surface area contributed by atoms with E-state index in [1.165, 1.54) is 4.88 Å². The average molecular weight is 340 g/mol. The molecule has 124 valence electrons. The Labute approximate surface area is 145 Å². The van der Waals surface area contributed by atoms with Gasteiger partial charge in [0.15, 0.2) is 0 Å². The summed E-state index contributed by atoms with van der Waals surface area (Å²) in [6.07, 6.45) is 2.62. The average Bonchev–Trinajstić information content (AvgIpc) is 3.20. The van der Waals surface area contributed by atoms with Gasteiger partial charge in [-0.25, -0.2) is 9.97 Å². The summed E-state index contributed by atoms with van der Waals surface area (Å²) in [5.74, 6) is 0.883. The molecule has 1 aromatic carbocycles. The van der Waals surface area contributed by atoms with E-state index in [-0.39, 0.29) is 5.91 Å². The zero-order valence-electron chi connectivity index (χ0n) is 14.0. The van der Waals surface area contributed by atoms with Crippen LogP contribution in [0.5, 0.6) is 0 Å². The minimum atomic E-state index is 0.0234. The van der Waals surface area contributed by atoms with E-state index < -0.39 is 0 Å². The summed E-state index contributed by atoms with van der Waals surface area (Å²) >= 11 is 1.64. The fourth-order valence-electron chi connectivity index (χ4n) is 2.54. The van der Waals surface area contributed by atoms with Crippen LogP contribution in [0.15, 0.2) is 36.0 Å². The second-order valence-electron chi connectivity index (χ2n) is 5.80. The van der Waals surface area contributed by atoms with E-state index >= 15 is 0 Å². The molecule has 0 aliphatic rings. The molecule has 1 amide bonds. The number of aromatic amines is 1. The van der Waals surface area contributed by atoms with E-state index in [4.69, 9.17) is 0 Å². The van der Waals surface area contributed by atoms with Crippen molar-refractivity contribution in [3.8, 4) is 11.3 Å². The second-order valence-corrected chi connectivity index (χ2v) is 6.74. The minimum absolute atomic E-state index is 0.0234. The molecule has 0 aliphatic heterocycles. The van der Waals surface area contributed by atoms with Gasteiger partial charge in [-0.3, -0.25) is 4.79 Å². The number of hydrogen-bond acceptors (Lipinski definition) is 4. The van der Waals surface area contributed by atoms with Crippen LogP contribution < -0.4 is 0 Å². The molecule has 5 nitrogen and oxygen atoms in total. The first-order valence-corrected chi connectivity index (χ1v) is 8.69. The van der Waals surface area contributed by atoms with Crippen LogP contribution in [-0.2, 0) is 6.42 Å². The van der Waals surface area contributed by atoms with Crippen molar-refractivity contribution in [2.24, 2.45) is 0 Å². The van der Waals surface area contributed by atoms with Gasteiger partial charge in [0.1, 0.15) is 5.82 Å². The standard InChI is InChI=1S/C18H20N4OS/c1-12-17(24-11-20-12)7-8-22(3)18(23)15-6-4-5-14(9-15)16-10-19-13(2)21-16/h4-6,9-11H,7-8H2,1-3H3,(H,19,21). The maximum atomic E-state index is 12.7. The molecule has 0 unspecified atom stereocenters. The zero-order chi connectivity index (χ0) is 17.1. The van der Waals surface area contributed by atoms with Gasteiger partial charge in [0.2, 0.25) is 0 Å². The Morgan fingerprint density at radius 1 is 1.29 bits per heavy atom. The molecular weight excluding hydrogens is 320 g/mol. The van der Waals surface area contributed by atoms with Crippen LogP contribution in [0.25, 0.3) is 11.3 Å². The van der Waals surface area contributed by atoms with Crippen molar-refractivity contribution >= 4 is 17.2 Å². The summed E-state index contributed by atoms with van der Waals surface area (Å²) in [7, 11) is 1.84. The Morgan fingerprint density at radius 2 is 2.12 bits per heavy atom. The van der Waals surface area contributed by atoms with Crippen LogP contribution >= 0.6 is 11.3 Å².